The molecule has 0 saturated carbocycles. The van der Waals surface area contributed by atoms with E-state index in [-0.39, 0.29) is 12.5 Å². The van der Waals surface area contributed by atoms with Gasteiger partial charge in [-0.2, -0.15) is 4.37 Å². The molecule has 1 heterocycles. The van der Waals surface area contributed by atoms with Gasteiger partial charge in [-0.15, -0.1) is 0 Å². The van der Waals surface area contributed by atoms with E-state index in [1.54, 1.807) is 43.3 Å². The number of nitrogens with zero attached hydrogens (tertiary/aromatic N) is 3. The third-order valence-electron chi connectivity index (χ3n) is 2.80. The van der Waals surface area contributed by atoms with Crippen molar-refractivity contribution in [2.45, 2.75) is 6.42 Å². The minimum atomic E-state index is -0.140. The van der Waals surface area contributed by atoms with Gasteiger partial charge in [0.25, 0.3) is 0 Å². The van der Waals surface area contributed by atoms with Crippen LogP contribution < -0.4 is 10.2 Å². The number of nitrogens with one attached hydrogen (secondary N) is 1. The number of amides is 1. The average molecular weight is 341 g/mol. The zero-order valence-corrected chi connectivity index (χ0v) is 13.9. The van der Waals surface area contributed by atoms with E-state index in [1.165, 1.54) is 11.5 Å². The number of carbonyl (C=O) groups is 1. The Morgan fingerprint density at radius 2 is 2.32 bits per heavy atom. The first-order valence-corrected chi connectivity index (χ1v) is 7.81. The van der Waals surface area contributed by atoms with E-state index >= 15 is 0 Å². The third kappa shape index (κ3) is 4.94. The number of halogens is 1. The van der Waals surface area contributed by atoms with E-state index in [0.29, 0.717) is 28.9 Å². The van der Waals surface area contributed by atoms with Crippen molar-refractivity contribution in [3.8, 4) is 0 Å². The highest BCUT2D eigenvalue weighted by atomic mass is 35.5. The molecular formula is C14H17ClN4O2S. The van der Waals surface area contributed by atoms with Crippen LogP contribution in [0.1, 0.15) is 5.82 Å². The quantitative estimate of drug-likeness (QED) is 0.838. The molecule has 1 aromatic heterocycles. The van der Waals surface area contributed by atoms with Crippen LogP contribution in [-0.2, 0) is 16.0 Å². The molecule has 0 aliphatic heterocycles. The maximum absolute atomic E-state index is 12.0. The molecule has 0 spiro atoms. The normalized spacial score (nSPS) is 10.5. The molecule has 2 aromatic rings. The van der Waals surface area contributed by atoms with Crippen LogP contribution in [0.3, 0.4) is 0 Å². The van der Waals surface area contributed by atoms with Crippen LogP contribution in [0.2, 0.25) is 5.02 Å². The highest BCUT2D eigenvalue weighted by molar-refractivity contribution is 7.09. The maximum atomic E-state index is 12.0. The topological polar surface area (TPSA) is 67.3 Å². The Morgan fingerprint density at radius 3 is 3.05 bits per heavy atom. The van der Waals surface area contributed by atoms with Gasteiger partial charge in [-0.1, -0.05) is 17.7 Å². The van der Waals surface area contributed by atoms with Crippen LogP contribution in [0, 0.1) is 0 Å². The van der Waals surface area contributed by atoms with Gasteiger partial charge in [0.1, 0.15) is 5.82 Å². The number of ether oxygens (including phenoxy) is 1. The summed E-state index contributed by atoms with van der Waals surface area (Å²) in [6.07, 6.45) is 0.662. The summed E-state index contributed by atoms with van der Waals surface area (Å²) in [7, 11) is 3.44. The molecule has 1 N–H and O–H groups in total. The lowest BCUT2D eigenvalue weighted by Crippen LogP contribution is -2.30. The molecule has 22 heavy (non-hydrogen) atoms. The fraction of sp³-hybridized carbons (Fsp3) is 0.357. The zero-order valence-electron chi connectivity index (χ0n) is 12.4. The van der Waals surface area contributed by atoms with E-state index in [0.717, 1.165) is 5.82 Å². The van der Waals surface area contributed by atoms with Crippen LogP contribution >= 0.6 is 23.1 Å². The molecule has 0 aliphatic carbocycles. The molecule has 0 atom stereocenters. The highest BCUT2D eigenvalue weighted by Crippen LogP contribution is 2.17. The summed E-state index contributed by atoms with van der Waals surface area (Å²) in [5.74, 6) is 0.586. The van der Waals surface area contributed by atoms with Crippen molar-refractivity contribution in [3.05, 3.63) is 35.1 Å². The Balaban J connectivity index is 1.89. The van der Waals surface area contributed by atoms with E-state index in [1.807, 2.05) is 0 Å². The van der Waals surface area contributed by atoms with Crippen molar-refractivity contribution in [3.63, 3.8) is 0 Å². The lowest BCUT2D eigenvalue weighted by molar-refractivity contribution is -0.114. The summed E-state index contributed by atoms with van der Waals surface area (Å²) in [5, 5.41) is 4.08. The van der Waals surface area contributed by atoms with Crippen molar-refractivity contribution in [1.29, 1.82) is 0 Å². The lowest BCUT2D eigenvalue weighted by atomic mass is 10.3. The Hall–Kier alpha value is -1.70. The molecule has 0 fully saturated rings. The second-order valence-electron chi connectivity index (χ2n) is 4.65. The first kappa shape index (κ1) is 16.7. The second kappa shape index (κ2) is 8.07. The number of aromatic nitrogens is 2. The molecule has 1 amide bonds. The molecular weight excluding hydrogens is 324 g/mol. The van der Waals surface area contributed by atoms with Crippen molar-refractivity contribution < 1.29 is 9.53 Å². The fourth-order valence-corrected chi connectivity index (χ4v) is 2.60. The van der Waals surface area contributed by atoms with Gasteiger partial charge in [0, 0.05) is 42.8 Å². The van der Waals surface area contributed by atoms with Crippen LogP contribution in [0.25, 0.3) is 0 Å². The Morgan fingerprint density at radius 1 is 1.50 bits per heavy atom. The monoisotopic (exact) mass is 340 g/mol. The van der Waals surface area contributed by atoms with Crippen molar-refractivity contribution in [2.24, 2.45) is 0 Å². The van der Waals surface area contributed by atoms with Crippen molar-refractivity contribution in [1.82, 2.24) is 9.36 Å². The molecule has 2 rings (SSSR count). The lowest BCUT2D eigenvalue weighted by Gasteiger charge is -2.14. The molecule has 0 radical (unpaired) electrons. The van der Waals surface area contributed by atoms with Gasteiger partial charge in [0.15, 0.2) is 0 Å². The molecule has 0 bridgehead atoms. The molecule has 8 heteroatoms. The summed E-state index contributed by atoms with van der Waals surface area (Å²) in [6, 6.07) is 7.03. The predicted molar refractivity (Wildman–Crippen MR) is 88.8 cm³/mol. The summed E-state index contributed by atoms with van der Waals surface area (Å²) in [6.45, 7) is 0.764. The van der Waals surface area contributed by atoms with Gasteiger partial charge in [-0.25, -0.2) is 4.98 Å². The maximum Gasteiger partial charge on any atom is 0.243 e. The van der Waals surface area contributed by atoms with Crippen LogP contribution in [0.4, 0.5) is 10.8 Å². The second-order valence-corrected chi connectivity index (χ2v) is 5.82. The first-order valence-electron chi connectivity index (χ1n) is 6.66. The van der Waals surface area contributed by atoms with E-state index in [2.05, 4.69) is 14.7 Å². The molecule has 1 aromatic carbocycles. The van der Waals surface area contributed by atoms with Crippen LogP contribution in [0.15, 0.2) is 24.3 Å². The van der Waals surface area contributed by atoms with Crippen LogP contribution in [0.5, 0.6) is 0 Å². The summed E-state index contributed by atoms with van der Waals surface area (Å²) in [4.78, 5) is 18.2. The number of carbonyl (C=O) groups excluding carboxylic acids is 1. The number of rotatable bonds is 7. The molecule has 118 valence electrons. The van der Waals surface area contributed by atoms with Gasteiger partial charge in [0.2, 0.25) is 11.0 Å². The van der Waals surface area contributed by atoms with Gasteiger partial charge in [-0.3, -0.25) is 4.79 Å². The summed E-state index contributed by atoms with van der Waals surface area (Å²) in [5.41, 5.74) is 0.670. The van der Waals surface area contributed by atoms with E-state index < -0.39 is 0 Å². The number of anilines is 2. The summed E-state index contributed by atoms with van der Waals surface area (Å²) < 4.78 is 9.23. The Kier molecular flexibility index (Phi) is 6.11. The predicted octanol–water partition coefficient (Wildman–Crippen LogP) is 2.46. The minimum Gasteiger partial charge on any atom is -0.384 e. The van der Waals surface area contributed by atoms with Gasteiger partial charge in [0.05, 0.1) is 13.2 Å². The minimum absolute atomic E-state index is 0.140. The van der Waals surface area contributed by atoms with Gasteiger partial charge < -0.3 is 15.0 Å². The average Bonchev–Trinajstić information content (AvgIpc) is 2.94. The number of methoxy groups -OCH3 is 1. The van der Waals surface area contributed by atoms with Crippen molar-refractivity contribution in [2.75, 3.05) is 37.5 Å². The van der Waals surface area contributed by atoms with Gasteiger partial charge >= 0.3 is 0 Å². The van der Waals surface area contributed by atoms with E-state index in [9.17, 15) is 4.79 Å². The molecule has 0 saturated heterocycles. The smallest absolute Gasteiger partial charge is 0.243 e. The standard InChI is InChI=1S/C14H17ClN4O2S/c1-19(14-17-12(18-22-14)6-7-21-2)9-13(20)16-11-5-3-4-10(15)8-11/h3-5,8H,6-7,9H2,1-2H3,(H,16,20). The molecule has 6 nitrogen and oxygen atoms in total. The zero-order chi connectivity index (χ0) is 15.9. The van der Waals surface area contributed by atoms with E-state index in [4.69, 9.17) is 16.3 Å². The Labute approximate surface area is 138 Å². The van der Waals surface area contributed by atoms with Gasteiger partial charge in [-0.05, 0) is 18.2 Å². The fourth-order valence-electron chi connectivity index (χ4n) is 1.74. The highest BCUT2D eigenvalue weighted by Gasteiger charge is 2.12. The molecule has 0 aliphatic rings. The number of hydrogen-bond donors (Lipinski definition) is 1. The Bertz CT molecular complexity index is 635. The first-order chi connectivity index (χ1) is 10.6. The van der Waals surface area contributed by atoms with Crippen molar-refractivity contribution >= 4 is 39.9 Å². The SMILES string of the molecule is COCCc1nsc(N(C)CC(=O)Nc2cccc(Cl)c2)n1. The largest absolute Gasteiger partial charge is 0.384 e. The summed E-state index contributed by atoms with van der Waals surface area (Å²) >= 11 is 7.15. The number of benzene rings is 1. The number of likely N-dealkylation sites (N-methyl/N-ethyl adjacent to an activating group) is 1. The number of hydrogen-bond acceptors (Lipinski definition) is 6. The third-order valence-corrected chi connectivity index (χ3v) is 3.91. The molecule has 0 unspecified atom stereocenters. The van der Waals surface area contributed by atoms with Crippen LogP contribution in [-0.4, -0.2) is 42.6 Å².